The molecule has 1 aliphatic rings. The van der Waals surface area contributed by atoms with E-state index in [2.05, 4.69) is 56.0 Å². The number of guanidine groups is 1. The Morgan fingerprint density at radius 2 is 2.20 bits per heavy atom. The quantitative estimate of drug-likeness (QED) is 0.669. The maximum Gasteiger partial charge on any atom is 0.193 e. The molecule has 1 N–H and O–H groups in total. The van der Waals surface area contributed by atoms with Crippen molar-refractivity contribution >= 4 is 11.6 Å². The normalized spacial score (nSPS) is 16.1. The van der Waals surface area contributed by atoms with Gasteiger partial charge >= 0.3 is 0 Å². The maximum absolute atomic E-state index is 4.63. The number of pyridine rings is 1. The number of imidazole rings is 1. The first-order valence-electron chi connectivity index (χ1n) is 7.16. The molecule has 3 heterocycles. The number of likely N-dealkylation sites (tertiary alicyclic amines) is 1. The smallest absolute Gasteiger partial charge is 0.193 e. The van der Waals surface area contributed by atoms with Gasteiger partial charge in [0.1, 0.15) is 5.65 Å². The minimum Gasteiger partial charge on any atom is -0.351 e. The molecule has 0 radical (unpaired) electrons. The van der Waals surface area contributed by atoms with Crippen molar-refractivity contribution in [2.45, 2.75) is 26.3 Å². The summed E-state index contributed by atoms with van der Waals surface area (Å²) in [6.45, 7) is 5.00. The van der Waals surface area contributed by atoms with Crippen molar-refractivity contribution in [1.29, 1.82) is 0 Å². The summed E-state index contributed by atoms with van der Waals surface area (Å²) in [4.78, 5) is 11.3. The second-order valence-electron chi connectivity index (χ2n) is 5.30. The zero-order chi connectivity index (χ0) is 13.9. The molecule has 0 amide bonds. The molecule has 3 rings (SSSR count). The minimum atomic E-state index is 0.712. The Kier molecular flexibility index (Phi) is 3.58. The number of rotatable bonds is 2. The second kappa shape index (κ2) is 5.53. The maximum atomic E-state index is 4.63. The predicted octanol–water partition coefficient (Wildman–Crippen LogP) is 1.81. The van der Waals surface area contributed by atoms with Crippen LogP contribution in [0.15, 0.2) is 29.5 Å². The summed E-state index contributed by atoms with van der Waals surface area (Å²) >= 11 is 0. The molecule has 2 aromatic rings. The third-order valence-corrected chi connectivity index (χ3v) is 3.71. The summed E-state index contributed by atoms with van der Waals surface area (Å²) in [5.41, 5.74) is 3.27. The fourth-order valence-electron chi connectivity index (χ4n) is 2.65. The fourth-order valence-corrected chi connectivity index (χ4v) is 2.65. The second-order valence-corrected chi connectivity index (χ2v) is 5.30. The fraction of sp³-hybridized carbons (Fsp3) is 0.467. The van der Waals surface area contributed by atoms with Crippen LogP contribution in [0.4, 0.5) is 0 Å². The van der Waals surface area contributed by atoms with E-state index in [0.717, 1.165) is 30.4 Å². The number of nitrogens with one attached hydrogen (secondary N) is 1. The molecule has 0 aliphatic carbocycles. The SMILES string of the molecule is CN=C(NCc1cn2ccc(C)cc2n1)N1CCCC1. The summed E-state index contributed by atoms with van der Waals surface area (Å²) in [5.74, 6) is 0.982. The highest BCUT2D eigenvalue weighted by Crippen LogP contribution is 2.09. The van der Waals surface area contributed by atoms with Gasteiger partial charge in [0, 0.05) is 32.5 Å². The van der Waals surface area contributed by atoms with E-state index >= 15 is 0 Å². The number of hydrogen-bond acceptors (Lipinski definition) is 2. The molecule has 0 aromatic carbocycles. The number of hydrogen-bond donors (Lipinski definition) is 1. The first-order valence-corrected chi connectivity index (χ1v) is 7.16. The van der Waals surface area contributed by atoms with Crippen LogP contribution < -0.4 is 5.32 Å². The van der Waals surface area contributed by atoms with Crippen molar-refractivity contribution in [3.8, 4) is 0 Å². The molecule has 1 fully saturated rings. The van der Waals surface area contributed by atoms with Gasteiger partial charge in [-0.05, 0) is 37.5 Å². The average molecular weight is 271 g/mol. The monoisotopic (exact) mass is 271 g/mol. The highest BCUT2D eigenvalue weighted by Gasteiger charge is 2.15. The molecular formula is C15H21N5. The summed E-state index contributed by atoms with van der Waals surface area (Å²) in [6, 6.07) is 4.19. The van der Waals surface area contributed by atoms with E-state index in [0.29, 0.717) is 6.54 Å². The van der Waals surface area contributed by atoms with Crippen molar-refractivity contribution in [3.05, 3.63) is 35.8 Å². The minimum absolute atomic E-state index is 0.712. The van der Waals surface area contributed by atoms with E-state index in [-0.39, 0.29) is 0 Å². The zero-order valence-corrected chi connectivity index (χ0v) is 12.1. The zero-order valence-electron chi connectivity index (χ0n) is 12.1. The van der Waals surface area contributed by atoms with Gasteiger partial charge in [0.25, 0.3) is 0 Å². The molecule has 2 aromatic heterocycles. The van der Waals surface area contributed by atoms with Crippen LogP contribution in [0.25, 0.3) is 5.65 Å². The Morgan fingerprint density at radius 1 is 1.40 bits per heavy atom. The van der Waals surface area contributed by atoms with Gasteiger partial charge in [-0.1, -0.05) is 0 Å². The number of aliphatic imine (C=N–C) groups is 1. The Balaban J connectivity index is 1.69. The van der Waals surface area contributed by atoms with Crippen LogP contribution >= 0.6 is 0 Å². The molecule has 106 valence electrons. The summed E-state index contributed by atoms with van der Waals surface area (Å²) < 4.78 is 2.06. The molecule has 5 nitrogen and oxygen atoms in total. The Labute approximate surface area is 119 Å². The van der Waals surface area contributed by atoms with Gasteiger partial charge in [0.2, 0.25) is 0 Å². The van der Waals surface area contributed by atoms with Gasteiger partial charge in [0.05, 0.1) is 12.2 Å². The van der Waals surface area contributed by atoms with Crippen LogP contribution in [0.3, 0.4) is 0 Å². The molecule has 0 spiro atoms. The van der Waals surface area contributed by atoms with Crippen LogP contribution in [0, 0.1) is 6.92 Å². The number of nitrogens with zero attached hydrogens (tertiary/aromatic N) is 4. The van der Waals surface area contributed by atoms with Crippen molar-refractivity contribution in [2.75, 3.05) is 20.1 Å². The van der Waals surface area contributed by atoms with Crippen LogP contribution in [-0.4, -0.2) is 40.4 Å². The standard InChI is InChI=1S/C15H21N5/c1-12-5-8-20-11-13(18-14(20)9-12)10-17-15(16-2)19-6-3-4-7-19/h5,8-9,11H,3-4,6-7,10H2,1-2H3,(H,16,17). The molecule has 0 bridgehead atoms. The molecule has 0 atom stereocenters. The topological polar surface area (TPSA) is 44.9 Å². The van der Waals surface area contributed by atoms with E-state index in [9.17, 15) is 0 Å². The van der Waals surface area contributed by atoms with Gasteiger partial charge < -0.3 is 14.6 Å². The van der Waals surface area contributed by atoms with Gasteiger partial charge in [0.15, 0.2) is 5.96 Å². The number of fused-ring (bicyclic) bond motifs is 1. The van der Waals surface area contributed by atoms with Crippen molar-refractivity contribution in [3.63, 3.8) is 0 Å². The molecule has 5 heteroatoms. The van der Waals surface area contributed by atoms with Gasteiger partial charge in [-0.15, -0.1) is 0 Å². The van der Waals surface area contributed by atoms with E-state index in [1.807, 2.05) is 7.05 Å². The van der Waals surface area contributed by atoms with E-state index in [4.69, 9.17) is 0 Å². The van der Waals surface area contributed by atoms with Crippen molar-refractivity contribution in [2.24, 2.45) is 4.99 Å². The highest BCUT2D eigenvalue weighted by atomic mass is 15.3. The van der Waals surface area contributed by atoms with Crippen LogP contribution in [0.2, 0.25) is 0 Å². The van der Waals surface area contributed by atoms with Gasteiger partial charge in [-0.3, -0.25) is 4.99 Å². The van der Waals surface area contributed by atoms with Crippen molar-refractivity contribution in [1.82, 2.24) is 19.6 Å². The average Bonchev–Trinajstić information content (AvgIpc) is 3.08. The molecule has 0 saturated carbocycles. The number of aromatic nitrogens is 2. The van der Waals surface area contributed by atoms with Gasteiger partial charge in [-0.2, -0.15) is 0 Å². The van der Waals surface area contributed by atoms with Crippen LogP contribution in [0.5, 0.6) is 0 Å². The van der Waals surface area contributed by atoms with Crippen LogP contribution in [0.1, 0.15) is 24.1 Å². The molecule has 0 unspecified atom stereocenters. The van der Waals surface area contributed by atoms with E-state index < -0.39 is 0 Å². The van der Waals surface area contributed by atoms with Crippen molar-refractivity contribution < 1.29 is 0 Å². The van der Waals surface area contributed by atoms with E-state index in [1.54, 1.807) is 0 Å². The van der Waals surface area contributed by atoms with E-state index in [1.165, 1.54) is 18.4 Å². The van der Waals surface area contributed by atoms with Gasteiger partial charge in [-0.25, -0.2) is 4.98 Å². The Hall–Kier alpha value is -2.04. The molecule has 1 saturated heterocycles. The lowest BCUT2D eigenvalue weighted by molar-refractivity contribution is 0.493. The molecular weight excluding hydrogens is 250 g/mol. The summed E-state index contributed by atoms with van der Waals surface area (Å²) in [7, 11) is 1.84. The molecule has 20 heavy (non-hydrogen) atoms. The Morgan fingerprint density at radius 3 is 2.95 bits per heavy atom. The van der Waals surface area contributed by atoms with Crippen LogP contribution in [-0.2, 0) is 6.54 Å². The lowest BCUT2D eigenvalue weighted by atomic mass is 10.3. The lowest BCUT2D eigenvalue weighted by Crippen LogP contribution is -2.39. The largest absolute Gasteiger partial charge is 0.351 e. The summed E-state index contributed by atoms with van der Waals surface area (Å²) in [5, 5.41) is 3.40. The Bertz CT molecular complexity index is 622. The highest BCUT2D eigenvalue weighted by molar-refractivity contribution is 5.80. The third-order valence-electron chi connectivity index (χ3n) is 3.71. The number of aryl methyl sites for hydroxylation is 1. The lowest BCUT2D eigenvalue weighted by Gasteiger charge is -2.20. The first-order chi connectivity index (χ1) is 9.76. The first kappa shape index (κ1) is 13.0. The summed E-state index contributed by atoms with van der Waals surface area (Å²) in [6.07, 6.45) is 6.64. The third kappa shape index (κ3) is 2.61. The molecule has 1 aliphatic heterocycles. The predicted molar refractivity (Wildman–Crippen MR) is 80.9 cm³/mol.